The highest BCUT2D eigenvalue weighted by atomic mass is 79.9. The number of hydrogen-bond acceptors (Lipinski definition) is 1. The molecule has 0 radical (unpaired) electrons. The van der Waals surface area contributed by atoms with Gasteiger partial charge >= 0.3 is 0 Å². The lowest BCUT2D eigenvalue weighted by Gasteiger charge is -2.22. The minimum Gasteiger partial charge on any atom is -0.258 e. The second kappa shape index (κ2) is 4.30. The monoisotopic (exact) mass is 292 g/mol. The highest BCUT2D eigenvalue weighted by molar-refractivity contribution is 9.10. The van der Waals surface area contributed by atoms with Gasteiger partial charge in [0.2, 0.25) is 0 Å². The molecule has 1 aromatic carbocycles. The van der Waals surface area contributed by atoms with Gasteiger partial charge in [0.15, 0.2) is 0 Å². The van der Waals surface area contributed by atoms with Gasteiger partial charge in [-0.3, -0.25) is 4.68 Å². The van der Waals surface area contributed by atoms with Gasteiger partial charge in [-0.2, -0.15) is 5.10 Å². The van der Waals surface area contributed by atoms with Crippen LogP contribution in [0, 0.1) is 6.92 Å². The average molecular weight is 293 g/mol. The van der Waals surface area contributed by atoms with Crippen molar-refractivity contribution in [1.29, 1.82) is 0 Å². The van der Waals surface area contributed by atoms with Crippen LogP contribution >= 0.6 is 15.9 Å². The van der Waals surface area contributed by atoms with Gasteiger partial charge in [0.25, 0.3) is 0 Å². The van der Waals surface area contributed by atoms with E-state index in [1.165, 1.54) is 11.1 Å². The summed E-state index contributed by atoms with van der Waals surface area (Å²) in [5, 5.41) is 4.51. The Hall–Kier alpha value is -1.09. The first-order valence-corrected chi connectivity index (χ1v) is 6.50. The van der Waals surface area contributed by atoms with Crippen LogP contribution in [-0.4, -0.2) is 9.78 Å². The fraction of sp³-hybridized carbons (Fsp3) is 0.357. The van der Waals surface area contributed by atoms with Crippen LogP contribution in [0.1, 0.15) is 26.3 Å². The zero-order chi connectivity index (χ0) is 12.6. The fourth-order valence-corrected chi connectivity index (χ4v) is 2.17. The van der Waals surface area contributed by atoms with Crippen molar-refractivity contribution in [3.8, 4) is 11.3 Å². The van der Waals surface area contributed by atoms with Crippen molar-refractivity contribution in [3.63, 3.8) is 0 Å². The molecular weight excluding hydrogens is 276 g/mol. The summed E-state index contributed by atoms with van der Waals surface area (Å²) in [6.07, 6.45) is 0. The van der Waals surface area contributed by atoms with Gasteiger partial charge < -0.3 is 0 Å². The second-order valence-electron chi connectivity index (χ2n) is 5.30. The van der Waals surface area contributed by atoms with E-state index in [1.54, 1.807) is 0 Å². The molecule has 2 rings (SSSR count). The molecule has 0 aliphatic heterocycles. The maximum Gasteiger partial charge on any atom is 0.128 e. The summed E-state index contributed by atoms with van der Waals surface area (Å²) in [5.74, 6) is 0. The normalized spacial score (nSPS) is 11.8. The third-order valence-corrected chi connectivity index (χ3v) is 3.05. The molecule has 1 heterocycles. The summed E-state index contributed by atoms with van der Waals surface area (Å²) >= 11 is 3.46. The van der Waals surface area contributed by atoms with E-state index < -0.39 is 0 Å². The first-order chi connectivity index (χ1) is 7.88. The lowest BCUT2D eigenvalue weighted by atomic mass is 10.1. The summed E-state index contributed by atoms with van der Waals surface area (Å²) in [6, 6.07) is 10.6. The molecule has 0 amide bonds. The van der Waals surface area contributed by atoms with E-state index in [0.717, 1.165) is 10.3 Å². The molecule has 0 unspecified atom stereocenters. The molecule has 0 N–H and O–H groups in total. The van der Waals surface area contributed by atoms with Crippen molar-refractivity contribution in [1.82, 2.24) is 9.78 Å². The largest absolute Gasteiger partial charge is 0.258 e. The van der Waals surface area contributed by atoms with Crippen LogP contribution in [0.3, 0.4) is 0 Å². The van der Waals surface area contributed by atoms with E-state index in [9.17, 15) is 0 Å². The van der Waals surface area contributed by atoms with Crippen LogP contribution in [0.25, 0.3) is 11.3 Å². The zero-order valence-electron chi connectivity index (χ0n) is 10.7. The minimum atomic E-state index is -0.0216. The van der Waals surface area contributed by atoms with Crippen LogP contribution in [0.15, 0.2) is 34.9 Å². The third kappa shape index (κ3) is 2.60. The number of hydrogen-bond donors (Lipinski definition) is 0. The standard InChI is InChI=1S/C14H17BrN2/c1-10-5-7-11(8-6-10)12-9-13(15)16-17(12)14(2,3)4/h5-9H,1-4H3. The molecule has 0 saturated carbocycles. The summed E-state index contributed by atoms with van der Waals surface area (Å²) < 4.78 is 2.94. The van der Waals surface area contributed by atoms with E-state index in [1.807, 2.05) is 0 Å². The fourth-order valence-electron chi connectivity index (χ4n) is 1.79. The van der Waals surface area contributed by atoms with Crippen LogP contribution in [-0.2, 0) is 5.54 Å². The molecular formula is C14H17BrN2. The Morgan fingerprint density at radius 3 is 2.24 bits per heavy atom. The van der Waals surface area contributed by atoms with Crippen molar-refractivity contribution < 1.29 is 0 Å². The molecule has 0 aliphatic carbocycles. The third-order valence-electron chi connectivity index (χ3n) is 2.66. The van der Waals surface area contributed by atoms with E-state index in [0.29, 0.717) is 0 Å². The molecule has 1 aromatic heterocycles. The lowest BCUT2D eigenvalue weighted by molar-refractivity contribution is 0.359. The first kappa shape index (κ1) is 12.4. The maximum atomic E-state index is 4.51. The van der Waals surface area contributed by atoms with Gasteiger partial charge in [-0.05, 0) is 55.3 Å². The number of halogens is 1. The van der Waals surface area contributed by atoms with Gasteiger partial charge in [-0.1, -0.05) is 29.8 Å². The van der Waals surface area contributed by atoms with Crippen molar-refractivity contribution in [2.45, 2.75) is 33.2 Å². The van der Waals surface area contributed by atoms with Gasteiger partial charge in [0, 0.05) is 0 Å². The summed E-state index contributed by atoms with van der Waals surface area (Å²) in [4.78, 5) is 0. The summed E-state index contributed by atoms with van der Waals surface area (Å²) in [5.41, 5.74) is 3.59. The van der Waals surface area contributed by atoms with E-state index in [4.69, 9.17) is 0 Å². The Balaban J connectivity index is 2.55. The average Bonchev–Trinajstić information content (AvgIpc) is 2.61. The molecule has 0 atom stereocenters. The Labute approximate surface area is 111 Å². The highest BCUT2D eigenvalue weighted by Crippen LogP contribution is 2.28. The second-order valence-corrected chi connectivity index (χ2v) is 6.11. The SMILES string of the molecule is Cc1ccc(-c2cc(Br)nn2C(C)(C)C)cc1. The number of aromatic nitrogens is 2. The molecule has 0 spiro atoms. The number of benzene rings is 1. The molecule has 90 valence electrons. The maximum absolute atomic E-state index is 4.51. The predicted molar refractivity (Wildman–Crippen MR) is 75.1 cm³/mol. The minimum absolute atomic E-state index is 0.0216. The molecule has 0 saturated heterocycles. The highest BCUT2D eigenvalue weighted by Gasteiger charge is 2.19. The van der Waals surface area contributed by atoms with Crippen molar-refractivity contribution >= 4 is 15.9 Å². The molecule has 2 aromatic rings. The molecule has 2 nitrogen and oxygen atoms in total. The molecule has 0 fully saturated rings. The van der Waals surface area contributed by atoms with Gasteiger partial charge in [-0.25, -0.2) is 0 Å². The van der Waals surface area contributed by atoms with Gasteiger partial charge in [-0.15, -0.1) is 0 Å². The van der Waals surface area contributed by atoms with Crippen molar-refractivity contribution in [2.75, 3.05) is 0 Å². The van der Waals surface area contributed by atoms with Crippen LogP contribution in [0.4, 0.5) is 0 Å². The summed E-state index contributed by atoms with van der Waals surface area (Å²) in [6.45, 7) is 8.57. The Kier molecular flexibility index (Phi) is 3.13. The summed E-state index contributed by atoms with van der Waals surface area (Å²) in [7, 11) is 0. The van der Waals surface area contributed by atoms with Crippen LogP contribution in [0.5, 0.6) is 0 Å². The van der Waals surface area contributed by atoms with E-state index >= 15 is 0 Å². The van der Waals surface area contributed by atoms with Crippen LogP contribution < -0.4 is 0 Å². The zero-order valence-corrected chi connectivity index (χ0v) is 12.2. The lowest BCUT2D eigenvalue weighted by Crippen LogP contribution is -2.24. The van der Waals surface area contributed by atoms with Crippen LogP contribution in [0.2, 0.25) is 0 Å². The molecule has 3 heteroatoms. The Bertz CT molecular complexity index is 518. The van der Waals surface area contributed by atoms with E-state index in [-0.39, 0.29) is 5.54 Å². The van der Waals surface area contributed by atoms with Gasteiger partial charge in [0.05, 0.1) is 11.2 Å². The molecule has 0 bridgehead atoms. The number of aryl methyl sites for hydroxylation is 1. The Morgan fingerprint density at radius 1 is 1.12 bits per heavy atom. The smallest absolute Gasteiger partial charge is 0.128 e. The number of rotatable bonds is 1. The first-order valence-electron chi connectivity index (χ1n) is 5.71. The Morgan fingerprint density at radius 2 is 1.71 bits per heavy atom. The van der Waals surface area contributed by atoms with E-state index in [2.05, 4.69) is 83.7 Å². The molecule has 17 heavy (non-hydrogen) atoms. The topological polar surface area (TPSA) is 17.8 Å². The number of nitrogens with zero attached hydrogens (tertiary/aromatic N) is 2. The van der Waals surface area contributed by atoms with Gasteiger partial charge in [0.1, 0.15) is 4.60 Å². The molecule has 0 aliphatic rings. The quantitative estimate of drug-likeness (QED) is 0.763. The predicted octanol–water partition coefficient (Wildman–Crippen LogP) is 4.38. The van der Waals surface area contributed by atoms with Crippen molar-refractivity contribution in [3.05, 3.63) is 40.5 Å². The van der Waals surface area contributed by atoms with Crippen molar-refractivity contribution in [2.24, 2.45) is 0 Å².